The first-order valence-electron chi connectivity index (χ1n) is 9.80. The van der Waals surface area contributed by atoms with Gasteiger partial charge in [0.2, 0.25) is 0 Å². The number of rotatable bonds is 7. The molecule has 0 aliphatic rings. The van der Waals surface area contributed by atoms with Gasteiger partial charge in [-0.25, -0.2) is 9.59 Å². The van der Waals surface area contributed by atoms with Crippen LogP contribution < -0.4 is 5.32 Å². The smallest absolute Gasteiger partial charge is 0.341 e. The summed E-state index contributed by atoms with van der Waals surface area (Å²) >= 11 is 1.34. The van der Waals surface area contributed by atoms with Gasteiger partial charge in [-0.15, -0.1) is 11.3 Å². The van der Waals surface area contributed by atoms with Crippen molar-refractivity contribution in [2.45, 2.75) is 19.8 Å². The Morgan fingerprint density at radius 2 is 1.61 bits per heavy atom. The van der Waals surface area contributed by atoms with Crippen LogP contribution in [0.2, 0.25) is 0 Å². The van der Waals surface area contributed by atoms with E-state index < -0.39 is 11.9 Å². The zero-order chi connectivity index (χ0) is 22.4. The van der Waals surface area contributed by atoms with E-state index >= 15 is 0 Å². The Morgan fingerprint density at radius 3 is 2.23 bits per heavy atom. The number of hydrogen-bond acceptors (Lipinski definition) is 6. The van der Waals surface area contributed by atoms with E-state index in [1.807, 2.05) is 37.3 Å². The highest BCUT2D eigenvalue weighted by Crippen LogP contribution is 2.36. The molecule has 2 aromatic carbocycles. The zero-order valence-electron chi connectivity index (χ0n) is 17.5. The van der Waals surface area contributed by atoms with Crippen molar-refractivity contribution in [2.24, 2.45) is 0 Å². The molecule has 0 unspecified atom stereocenters. The second-order valence-electron chi connectivity index (χ2n) is 6.77. The minimum Gasteiger partial charge on any atom is -0.465 e. The summed E-state index contributed by atoms with van der Waals surface area (Å²) in [6, 6.07) is 17.8. The molecule has 0 radical (unpaired) electrons. The minimum absolute atomic E-state index is 0.0457. The van der Waals surface area contributed by atoms with Gasteiger partial charge in [0.1, 0.15) is 5.00 Å². The molecule has 0 fully saturated rings. The van der Waals surface area contributed by atoms with E-state index in [2.05, 4.69) is 10.1 Å². The van der Waals surface area contributed by atoms with Crippen LogP contribution in [0.3, 0.4) is 0 Å². The Hall–Kier alpha value is -3.45. The topological polar surface area (TPSA) is 81.7 Å². The Kier molecular flexibility index (Phi) is 7.20. The molecule has 31 heavy (non-hydrogen) atoms. The zero-order valence-corrected chi connectivity index (χ0v) is 18.3. The highest BCUT2D eigenvalue weighted by atomic mass is 32.1. The number of amides is 1. The molecule has 7 heteroatoms. The first-order valence-corrected chi connectivity index (χ1v) is 10.6. The summed E-state index contributed by atoms with van der Waals surface area (Å²) < 4.78 is 9.84. The molecule has 0 bridgehead atoms. The maximum atomic E-state index is 12.8. The van der Waals surface area contributed by atoms with E-state index in [4.69, 9.17) is 4.74 Å². The molecule has 1 amide bonds. The summed E-state index contributed by atoms with van der Waals surface area (Å²) in [7, 11) is 1.30. The SMILES string of the molecule is CCOC(=O)c1cc([C@@H](C)c2ccccc2)sc1NC(=O)c1ccc(C(=O)OC)cc1. The number of esters is 2. The van der Waals surface area contributed by atoms with Crippen molar-refractivity contribution in [2.75, 3.05) is 19.0 Å². The fourth-order valence-electron chi connectivity index (χ4n) is 3.03. The number of ether oxygens (including phenoxy) is 2. The lowest BCUT2D eigenvalue weighted by Gasteiger charge is -2.09. The summed E-state index contributed by atoms with van der Waals surface area (Å²) in [5, 5.41) is 3.25. The number of carbonyl (C=O) groups is 3. The largest absolute Gasteiger partial charge is 0.465 e. The Balaban J connectivity index is 1.88. The van der Waals surface area contributed by atoms with E-state index in [-0.39, 0.29) is 18.4 Å². The van der Waals surface area contributed by atoms with Gasteiger partial charge in [0.15, 0.2) is 0 Å². The van der Waals surface area contributed by atoms with E-state index in [1.54, 1.807) is 13.0 Å². The van der Waals surface area contributed by atoms with Crippen LogP contribution in [0, 0.1) is 0 Å². The molecule has 3 aromatic rings. The lowest BCUT2D eigenvalue weighted by molar-refractivity contribution is 0.0527. The molecule has 0 saturated carbocycles. The highest BCUT2D eigenvalue weighted by Gasteiger charge is 2.22. The van der Waals surface area contributed by atoms with Gasteiger partial charge in [-0.3, -0.25) is 4.79 Å². The van der Waals surface area contributed by atoms with Crippen LogP contribution in [0.5, 0.6) is 0 Å². The molecule has 1 aromatic heterocycles. The number of carbonyl (C=O) groups excluding carboxylic acids is 3. The number of methoxy groups -OCH3 is 1. The number of anilines is 1. The van der Waals surface area contributed by atoms with Crippen LogP contribution in [0.25, 0.3) is 0 Å². The van der Waals surface area contributed by atoms with Crippen molar-refractivity contribution in [1.82, 2.24) is 0 Å². The number of benzene rings is 2. The van der Waals surface area contributed by atoms with E-state index in [0.717, 1.165) is 10.4 Å². The van der Waals surface area contributed by atoms with Crippen LogP contribution in [-0.2, 0) is 9.47 Å². The minimum atomic E-state index is -0.485. The third-order valence-electron chi connectivity index (χ3n) is 4.77. The van der Waals surface area contributed by atoms with Crippen LogP contribution in [-0.4, -0.2) is 31.6 Å². The fraction of sp³-hybridized carbons (Fsp3) is 0.208. The average Bonchev–Trinajstić information content (AvgIpc) is 3.22. The van der Waals surface area contributed by atoms with Crippen LogP contribution in [0.15, 0.2) is 60.7 Å². The van der Waals surface area contributed by atoms with Crippen LogP contribution in [0.1, 0.15) is 61.3 Å². The summed E-state index contributed by atoms with van der Waals surface area (Å²) in [5.74, 6) is -1.30. The molecular weight excluding hydrogens is 414 g/mol. The Morgan fingerprint density at radius 1 is 0.968 bits per heavy atom. The van der Waals surface area contributed by atoms with Gasteiger partial charge < -0.3 is 14.8 Å². The molecule has 0 saturated heterocycles. The molecule has 0 spiro atoms. The summed E-state index contributed by atoms with van der Waals surface area (Å²) in [6.45, 7) is 4.02. The molecule has 0 aliphatic carbocycles. The number of hydrogen-bond donors (Lipinski definition) is 1. The van der Waals surface area contributed by atoms with Gasteiger partial charge in [-0.1, -0.05) is 37.3 Å². The normalized spacial score (nSPS) is 11.5. The van der Waals surface area contributed by atoms with Gasteiger partial charge in [0.25, 0.3) is 5.91 Å². The second-order valence-corrected chi connectivity index (χ2v) is 7.85. The molecule has 1 heterocycles. The Labute approximate surface area is 184 Å². The third-order valence-corrected chi connectivity index (χ3v) is 6.00. The van der Waals surface area contributed by atoms with Gasteiger partial charge >= 0.3 is 11.9 Å². The van der Waals surface area contributed by atoms with Crippen LogP contribution >= 0.6 is 11.3 Å². The summed E-state index contributed by atoms with van der Waals surface area (Å²) in [4.78, 5) is 37.8. The summed E-state index contributed by atoms with van der Waals surface area (Å²) in [6.07, 6.45) is 0. The van der Waals surface area contributed by atoms with Crippen molar-refractivity contribution in [3.63, 3.8) is 0 Å². The van der Waals surface area contributed by atoms with Crippen molar-refractivity contribution < 1.29 is 23.9 Å². The third kappa shape index (κ3) is 5.19. The van der Waals surface area contributed by atoms with E-state index in [9.17, 15) is 14.4 Å². The van der Waals surface area contributed by atoms with E-state index in [0.29, 0.717) is 21.7 Å². The predicted octanol–water partition coefficient (Wildman–Crippen LogP) is 5.12. The second kappa shape index (κ2) is 10.0. The van der Waals surface area contributed by atoms with E-state index in [1.165, 1.54) is 42.7 Å². The maximum absolute atomic E-state index is 12.8. The molecule has 6 nitrogen and oxygen atoms in total. The first-order chi connectivity index (χ1) is 14.9. The molecule has 1 atom stereocenters. The monoisotopic (exact) mass is 437 g/mol. The fourth-order valence-corrected chi connectivity index (χ4v) is 4.15. The predicted molar refractivity (Wildman–Crippen MR) is 120 cm³/mol. The maximum Gasteiger partial charge on any atom is 0.341 e. The number of nitrogens with one attached hydrogen (secondary N) is 1. The average molecular weight is 438 g/mol. The molecule has 0 aliphatic heterocycles. The van der Waals surface area contributed by atoms with Gasteiger partial charge in [-0.2, -0.15) is 0 Å². The lowest BCUT2D eigenvalue weighted by atomic mass is 9.99. The molecule has 3 rings (SSSR count). The number of thiophene rings is 1. The highest BCUT2D eigenvalue weighted by molar-refractivity contribution is 7.16. The standard InChI is InChI=1S/C24H23NO5S/c1-4-30-24(28)19-14-20(15(2)16-8-6-5-7-9-16)31-22(19)25-21(26)17-10-12-18(13-11-17)23(27)29-3/h5-15H,4H2,1-3H3,(H,25,26)/t15-/m0/s1. The molecular formula is C24H23NO5S. The van der Waals surface area contributed by atoms with Crippen molar-refractivity contribution in [1.29, 1.82) is 0 Å². The lowest BCUT2D eigenvalue weighted by Crippen LogP contribution is -2.14. The van der Waals surface area contributed by atoms with Gasteiger partial charge in [0.05, 0.1) is 24.8 Å². The molecule has 160 valence electrons. The van der Waals surface area contributed by atoms with Gasteiger partial charge in [-0.05, 0) is 42.8 Å². The van der Waals surface area contributed by atoms with Crippen molar-refractivity contribution in [3.8, 4) is 0 Å². The van der Waals surface area contributed by atoms with Crippen LogP contribution in [0.4, 0.5) is 5.00 Å². The Bertz CT molecular complexity index is 1070. The quantitative estimate of drug-likeness (QED) is 0.519. The van der Waals surface area contributed by atoms with Crippen molar-refractivity contribution in [3.05, 3.63) is 87.8 Å². The molecule has 1 N–H and O–H groups in total. The summed E-state index contributed by atoms with van der Waals surface area (Å²) in [5.41, 5.74) is 2.13. The first kappa shape index (κ1) is 22.2. The van der Waals surface area contributed by atoms with Gasteiger partial charge in [0, 0.05) is 16.4 Å². The van der Waals surface area contributed by atoms with Crippen molar-refractivity contribution >= 4 is 34.2 Å².